The molecular formula is C29H40BN5O6S. The summed E-state index contributed by atoms with van der Waals surface area (Å²) in [5.41, 5.74) is -0.189. The molecule has 1 unspecified atom stereocenters. The third-order valence-corrected chi connectivity index (χ3v) is 9.87. The van der Waals surface area contributed by atoms with Gasteiger partial charge in [-0.05, 0) is 74.4 Å². The molecule has 4 heterocycles. The first-order valence-electron chi connectivity index (χ1n) is 14.2. The third-order valence-electron chi connectivity index (χ3n) is 8.20. The summed E-state index contributed by atoms with van der Waals surface area (Å²) in [5.74, 6) is 0.554. The monoisotopic (exact) mass is 597 g/mol. The average molecular weight is 598 g/mol. The number of hydrogen-bond acceptors (Lipinski definition) is 9. The topological polar surface area (TPSA) is 116 Å². The Morgan fingerprint density at radius 3 is 2.24 bits per heavy atom. The third kappa shape index (κ3) is 5.38. The van der Waals surface area contributed by atoms with E-state index in [0.717, 1.165) is 5.56 Å². The van der Waals surface area contributed by atoms with Gasteiger partial charge in [0.1, 0.15) is 17.7 Å². The standard InChI is InChI=1S/C29H40BN5O6S/c1-19-10-12-21(13-11-19)42(37,38)35-17-22(30-40-28(6,7)29(8,9)41-30)23-24(31-18-32-25(23)35)33-14-15-34(20(2)16-33)26(36)39-27(3,4)5/h10-13,17-18,20H,14-16H2,1-9H3. The number of aryl methyl sites for hydroxylation is 1. The molecule has 5 rings (SSSR count). The number of rotatable bonds is 4. The predicted octanol–water partition coefficient (Wildman–Crippen LogP) is 3.72. The molecule has 226 valence electrons. The molecular weight excluding hydrogens is 557 g/mol. The maximum absolute atomic E-state index is 14.0. The van der Waals surface area contributed by atoms with Gasteiger partial charge in [-0.25, -0.2) is 27.2 Å². The van der Waals surface area contributed by atoms with Gasteiger partial charge in [0, 0.05) is 37.3 Å². The number of anilines is 1. The van der Waals surface area contributed by atoms with Crippen LogP contribution < -0.4 is 10.4 Å². The second-order valence-electron chi connectivity index (χ2n) is 13.2. The zero-order chi connectivity index (χ0) is 30.8. The van der Waals surface area contributed by atoms with Crippen molar-refractivity contribution in [2.24, 2.45) is 0 Å². The molecule has 2 aliphatic rings. The number of aromatic nitrogens is 3. The number of fused-ring (bicyclic) bond motifs is 1. The number of piperazine rings is 1. The lowest BCUT2D eigenvalue weighted by Crippen LogP contribution is -2.55. The molecule has 1 aromatic carbocycles. The minimum Gasteiger partial charge on any atom is -0.444 e. The van der Waals surface area contributed by atoms with Crippen LogP contribution in [-0.4, -0.2) is 82.9 Å². The fourth-order valence-electron chi connectivity index (χ4n) is 5.18. The second kappa shape index (κ2) is 10.2. The predicted molar refractivity (Wildman–Crippen MR) is 162 cm³/mol. The molecule has 3 aromatic rings. The smallest absolute Gasteiger partial charge is 0.444 e. The molecule has 42 heavy (non-hydrogen) atoms. The van der Waals surface area contributed by atoms with Crippen molar-refractivity contribution < 1.29 is 27.3 Å². The molecule has 0 aliphatic carbocycles. The van der Waals surface area contributed by atoms with E-state index in [1.54, 1.807) is 35.4 Å². The van der Waals surface area contributed by atoms with Gasteiger partial charge in [-0.2, -0.15) is 0 Å². The van der Waals surface area contributed by atoms with Gasteiger partial charge in [-0.3, -0.25) is 0 Å². The van der Waals surface area contributed by atoms with E-state index in [1.165, 1.54) is 10.3 Å². The van der Waals surface area contributed by atoms with E-state index in [2.05, 4.69) is 9.97 Å². The number of amides is 1. The van der Waals surface area contributed by atoms with Crippen molar-refractivity contribution in [3.05, 3.63) is 42.4 Å². The lowest BCUT2D eigenvalue weighted by Gasteiger charge is -2.40. The number of benzene rings is 1. The lowest BCUT2D eigenvalue weighted by atomic mass is 9.79. The Balaban J connectivity index is 1.61. The molecule has 2 fully saturated rings. The number of ether oxygens (including phenoxy) is 1. The lowest BCUT2D eigenvalue weighted by molar-refractivity contribution is 0.00578. The number of hydrogen-bond donors (Lipinski definition) is 0. The Labute approximate surface area is 248 Å². The Bertz CT molecular complexity index is 1600. The first kappa shape index (κ1) is 30.3. The van der Waals surface area contributed by atoms with E-state index in [9.17, 15) is 13.2 Å². The summed E-state index contributed by atoms with van der Waals surface area (Å²) in [5, 5.41) is 0.532. The fourth-order valence-corrected chi connectivity index (χ4v) is 6.51. The molecule has 11 nitrogen and oxygen atoms in total. The van der Waals surface area contributed by atoms with Crippen LogP contribution in [0.4, 0.5) is 10.6 Å². The van der Waals surface area contributed by atoms with Crippen molar-refractivity contribution in [3.8, 4) is 0 Å². The molecule has 0 N–H and O–H groups in total. The number of carbonyl (C=O) groups excluding carboxylic acids is 1. The summed E-state index contributed by atoms with van der Waals surface area (Å²) in [7, 11) is -4.87. The van der Waals surface area contributed by atoms with Crippen molar-refractivity contribution in [2.45, 2.75) is 90.1 Å². The van der Waals surface area contributed by atoms with Gasteiger partial charge in [0.2, 0.25) is 0 Å². The minimum atomic E-state index is -4.02. The summed E-state index contributed by atoms with van der Waals surface area (Å²) >= 11 is 0. The highest BCUT2D eigenvalue weighted by molar-refractivity contribution is 7.90. The fraction of sp³-hybridized carbons (Fsp3) is 0.552. The van der Waals surface area contributed by atoms with Crippen molar-refractivity contribution in [2.75, 3.05) is 24.5 Å². The quantitative estimate of drug-likeness (QED) is 0.415. The van der Waals surface area contributed by atoms with Crippen LogP contribution >= 0.6 is 0 Å². The van der Waals surface area contributed by atoms with Crippen LogP contribution in [0.1, 0.15) is 61.0 Å². The normalized spacial score (nSPS) is 20.8. The van der Waals surface area contributed by atoms with Crippen LogP contribution in [0, 0.1) is 6.92 Å². The zero-order valence-electron chi connectivity index (χ0n) is 25.8. The molecule has 0 radical (unpaired) electrons. The van der Waals surface area contributed by atoms with E-state index in [-0.39, 0.29) is 22.7 Å². The molecule has 0 spiro atoms. The second-order valence-corrected chi connectivity index (χ2v) is 15.0. The molecule has 13 heteroatoms. The summed E-state index contributed by atoms with van der Waals surface area (Å²) in [4.78, 5) is 25.9. The number of nitrogens with zero attached hydrogens (tertiary/aromatic N) is 5. The first-order valence-corrected chi connectivity index (χ1v) is 15.6. The van der Waals surface area contributed by atoms with Crippen LogP contribution in [0.25, 0.3) is 11.0 Å². The van der Waals surface area contributed by atoms with Crippen molar-refractivity contribution in [1.29, 1.82) is 0 Å². The van der Waals surface area contributed by atoms with Crippen LogP contribution in [0.3, 0.4) is 0 Å². The van der Waals surface area contributed by atoms with Gasteiger partial charge < -0.3 is 23.8 Å². The molecule has 0 saturated carbocycles. The van der Waals surface area contributed by atoms with E-state index in [4.69, 9.17) is 14.0 Å². The van der Waals surface area contributed by atoms with Crippen LogP contribution in [0.5, 0.6) is 0 Å². The van der Waals surface area contributed by atoms with E-state index in [1.807, 2.05) is 67.2 Å². The molecule has 0 bridgehead atoms. The summed E-state index contributed by atoms with van der Waals surface area (Å²) in [6, 6.07) is 6.52. The highest BCUT2D eigenvalue weighted by Crippen LogP contribution is 2.38. The van der Waals surface area contributed by atoms with Gasteiger partial charge in [0.15, 0.2) is 5.65 Å². The van der Waals surface area contributed by atoms with Crippen molar-refractivity contribution in [1.82, 2.24) is 18.8 Å². The van der Waals surface area contributed by atoms with Gasteiger partial charge in [0.05, 0.1) is 21.5 Å². The number of carbonyl (C=O) groups is 1. The van der Waals surface area contributed by atoms with Gasteiger partial charge in [-0.15, -0.1) is 0 Å². The average Bonchev–Trinajstić information content (AvgIpc) is 3.37. The highest BCUT2D eigenvalue weighted by Gasteiger charge is 2.53. The summed E-state index contributed by atoms with van der Waals surface area (Å²) < 4.78 is 47.5. The molecule has 1 atom stereocenters. The Morgan fingerprint density at radius 1 is 1.05 bits per heavy atom. The van der Waals surface area contributed by atoms with Gasteiger partial charge >= 0.3 is 13.2 Å². The first-order chi connectivity index (χ1) is 19.4. The van der Waals surface area contributed by atoms with Crippen LogP contribution in [0.2, 0.25) is 0 Å². The van der Waals surface area contributed by atoms with Gasteiger partial charge in [0.25, 0.3) is 10.0 Å². The van der Waals surface area contributed by atoms with Crippen molar-refractivity contribution in [3.63, 3.8) is 0 Å². The van der Waals surface area contributed by atoms with Crippen LogP contribution in [0.15, 0.2) is 41.7 Å². The summed E-state index contributed by atoms with van der Waals surface area (Å²) in [6.07, 6.45) is 2.55. The molecule has 2 saturated heterocycles. The van der Waals surface area contributed by atoms with E-state index >= 15 is 0 Å². The SMILES string of the molecule is Cc1ccc(S(=O)(=O)n2cc(B3OC(C)(C)C(C)(C)O3)c3c(N4CCN(C(=O)OC(C)(C)C)C(C)C4)ncnc32)cc1. The maximum Gasteiger partial charge on any atom is 0.497 e. The Kier molecular flexibility index (Phi) is 7.39. The van der Waals surface area contributed by atoms with Crippen LogP contribution in [-0.2, 0) is 24.1 Å². The van der Waals surface area contributed by atoms with E-state index < -0.39 is 33.9 Å². The largest absolute Gasteiger partial charge is 0.497 e. The molecule has 2 aliphatic heterocycles. The molecule has 1 amide bonds. The van der Waals surface area contributed by atoms with Crippen molar-refractivity contribution >= 4 is 45.5 Å². The summed E-state index contributed by atoms with van der Waals surface area (Å²) in [6.45, 7) is 18.5. The minimum absolute atomic E-state index is 0.144. The van der Waals surface area contributed by atoms with E-state index in [0.29, 0.717) is 36.3 Å². The zero-order valence-corrected chi connectivity index (χ0v) is 26.7. The molecule has 2 aromatic heterocycles. The maximum atomic E-state index is 14.0. The Morgan fingerprint density at radius 2 is 1.67 bits per heavy atom. The highest BCUT2D eigenvalue weighted by atomic mass is 32.2. The Hall–Kier alpha value is -3.16. The van der Waals surface area contributed by atoms with Gasteiger partial charge in [-0.1, -0.05) is 17.7 Å².